The number of morpholine rings is 1. The Labute approximate surface area is 188 Å². The summed E-state index contributed by atoms with van der Waals surface area (Å²) in [6, 6.07) is 11.4. The highest BCUT2D eigenvalue weighted by Gasteiger charge is 2.18. The second kappa shape index (κ2) is 8.26. The van der Waals surface area contributed by atoms with E-state index in [1.807, 2.05) is 36.5 Å². The SMILES string of the molecule is Nc1ncnc2nc(-c3ccc(N4CCOCC4)nc3)cc(-c3cccc(Cl)c3Cl)c12. The number of rotatable bonds is 3. The molecule has 0 spiro atoms. The van der Waals surface area contributed by atoms with Gasteiger partial charge in [0.25, 0.3) is 0 Å². The highest BCUT2D eigenvalue weighted by Crippen LogP contribution is 2.39. The van der Waals surface area contributed by atoms with Crippen LogP contribution in [-0.2, 0) is 4.74 Å². The fraction of sp³-hybridized carbons (Fsp3) is 0.182. The highest BCUT2D eigenvalue weighted by atomic mass is 35.5. The third-order valence-electron chi connectivity index (χ3n) is 5.25. The fourth-order valence-corrected chi connectivity index (χ4v) is 4.08. The predicted molar refractivity (Wildman–Crippen MR) is 123 cm³/mol. The van der Waals surface area contributed by atoms with Gasteiger partial charge in [-0.1, -0.05) is 35.3 Å². The average Bonchev–Trinajstić information content (AvgIpc) is 2.81. The molecule has 5 rings (SSSR count). The van der Waals surface area contributed by atoms with E-state index in [2.05, 4.69) is 19.9 Å². The van der Waals surface area contributed by atoms with E-state index >= 15 is 0 Å². The molecule has 0 amide bonds. The summed E-state index contributed by atoms with van der Waals surface area (Å²) in [6.07, 6.45) is 3.21. The quantitative estimate of drug-likeness (QED) is 0.489. The smallest absolute Gasteiger partial charge is 0.165 e. The minimum absolute atomic E-state index is 0.330. The maximum Gasteiger partial charge on any atom is 0.165 e. The molecule has 0 unspecified atom stereocenters. The van der Waals surface area contributed by atoms with Gasteiger partial charge in [0.05, 0.1) is 34.3 Å². The van der Waals surface area contributed by atoms with Gasteiger partial charge in [-0.2, -0.15) is 0 Å². The van der Waals surface area contributed by atoms with Crippen molar-refractivity contribution in [1.82, 2.24) is 19.9 Å². The molecule has 0 atom stereocenters. The number of nitrogens with two attached hydrogens (primary N) is 1. The van der Waals surface area contributed by atoms with Crippen LogP contribution in [0.5, 0.6) is 0 Å². The molecular weight excluding hydrogens is 435 g/mol. The zero-order valence-electron chi connectivity index (χ0n) is 16.4. The van der Waals surface area contributed by atoms with Crippen molar-refractivity contribution in [3.63, 3.8) is 0 Å². The van der Waals surface area contributed by atoms with Gasteiger partial charge in [0.1, 0.15) is 18.0 Å². The summed E-state index contributed by atoms with van der Waals surface area (Å²) in [6.45, 7) is 3.07. The number of nitrogens with zero attached hydrogens (tertiary/aromatic N) is 5. The number of hydrogen-bond donors (Lipinski definition) is 1. The Hall–Kier alpha value is -3.00. The number of pyridine rings is 2. The molecule has 0 bridgehead atoms. The predicted octanol–water partition coefficient (Wildman–Crippen LogP) is 4.48. The van der Waals surface area contributed by atoms with Crippen LogP contribution in [0.4, 0.5) is 11.6 Å². The minimum atomic E-state index is 0.330. The topological polar surface area (TPSA) is 90.0 Å². The van der Waals surface area contributed by atoms with Gasteiger partial charge in [0.2, 0.25) is 0 Å². The first kappa shape index (κ1) is 19.9. The van der Waals surface area contributed by atoms with Crippen molar-refractivity contribution in [1.29, 1.82) is 0 Å². The molecule has 3 aromatic heterocycles. The first-order chi connectivity index (χ1) is 15.1. The van der Waals surface area contributed by atoms with Crippen LogP contribution in [0.1, 0.15) is 0 Å². The zero-order chi connectivity index (χ0) is 21.4. The third-order valence-corrected chi connectivity index (χ3v) is 6.07. The van der Waals surface area contributed by atoms with Crippen molar-refractivity contribution in [3.05, 3.63) is 59.0 Å². The van der Waals surface area contributed by atoms with Crippen molar-refractivity contribution in [3.8, 4) is 22.4 Å². The molecule has 1 saturated heterocycles. The van der Waals surface area contributed by atoms with Crippen LogP contribution in [-0.4, -0.2) is 46.2 Å². The zero-order valence-corrected chi connectivity index (χ0v) is 17.9. The third kappa shape index (κ3) is 3.76. The Kier molecular flexibility index (Phi) is 5.31. The van der Waals surface area contributed by atoms with Crippen molar-refractivity contribution in [2.24, 2.45) is 0 Å². The number of benzene rings is 1. The molecule has 4 heterocycles. The summed E-state index contributed by atoms with van der Waals surface area (Å²) < 4.78 is 5.42. The largest absolute Gasteiger partial charge is 0.383 e. The van der Waals surface area contributed by atoms with Crippen LogP contribution in [0, 0.1) is 0 Å². The molecule has 156 valence electrons. The number of anilines is 2. The number of halogens is 2. The summed E-state index contributed by atoms with van der Waals surface area (Å²) >= 11 is 12.8. The molecular formula is C22H18Cl2N6O. The van der Waals surface area contributed by atoms with Crippen LogP contribution in [0.25, 0.3) is 33.4 Å². The van der Waals surface area contributed by atoms with E-state index in [4.69, 9.17) is 38.7 Å². The first-order valence-electron chi connectivity index (χ1n) is 9.76. The molecule has 1 aliphatic rings. The van der Waals surface area contributed by atoms with Crippen LogP contribution in [0.3, 0.4) is 0 Å². The highest BCUT2D eigenvalue weighted by molar-refractivity contribution is 6.44. The van der Waals surface area contributed by atoms with Crippen molar-refractivity contribution in [2.45, 2.75) is 0 Å². The number of fused-ring (bicyclic) bond motifs is 1. The van der Waals surface area contributed by atoms with Crippen molar-refractivity contribution < 1.29 is 4.74 Å². The molecule has 1 aromatic carbocycles. The Bertz CT molecular complexity index is 1260. The molecule has 1 fully saturated rings. The summed E-state index contributed by atoms with van der Waals surface area (Å²) in [7, 11) is 0. The second-order valence-corrected chi connectivity index (χ2v) is 7.90. The Balaban J connectivity index is 1.64. The lowest BCUT2D eigenvalue weighted by Crippen LogP contribution is -2.36. The maximum absolute atomic E-state index is 6.52. The number of hydrogen-bond acceptors (Lipinski definition) is 7. The maximum atomic E-state index is 6.52. The van der Waals surface area contributed by atoms with E-state index in [-0.39, 0.29) is 0 Å². The van der Waals surface area contributed by atoms with Crippen LogP contribution in [0.15, 0.2) is 48.9 Å². The lowest BCUT2D eigenvalue weighted by molar-refractivity contribution is 0.122. The molecule has 9 heteroatoms. The fourth-order valence-electron chi connectivity index (χ4n) is 3.68. The van der Waals surface area contributed by atoms with Gasteiger partial charge in [-0.25, -0.2) is 19.9 Å². The molecule has 4 aromatic rings. The molecule has 7 nitrogen and oxygen atoms in total. The first-order valence-corrected chi connectivity index (χ1v) is 10.5. The van der Waals surface area contributed by atoms with E-state index in [9.17, 15) is 0 Å². The average molecular weight is 453 g/mol. The minimum Gasteiger partial charge on any atom is -0.383 e. The molecule has 0 radical (unpaired) electrons. The normalized spacial score (nSPS) is 14.2. The Morgan fingerprint density at radius 3 is 2.58 bits per heavy atom. The van der Waals surface area contributed by atoms with Crippen molar-refractivity contribution >= 4 is 45.9 Å². The van der Waals surface area contributed by atoms with E-state index < -0.39 is 0 Å². The molecule has 31 heavy (non-hydrogen) atoms. The van der Waals surface area contributed by atoms with Gasteiger partial charge in [0, 0.05) is 36.0 Å². The van der Waals surface area contributed by atoms with Gasteiger partial charge < -0.3 is 15.4 Å². The molecule has 1 aliphatic heterocycles. The summed E-state index contributed by atoms with van der Waals surface area (Å²) in [5.41, 5.74) is 9.73. The lowest BCUT2D eigenvalue weighted by Gasteiger charge is -2.27. The van der Waals surface area contributed by atoms with Gasteiger partial charge in [-0.3, -0.25) is 0 Å². The number of ether oxygens (including phenoxy) is 1. The van der Waals surface area contributed by atoms with Crippen molar-refractivity contribution in [2.75, 3.05) is 36.9 Å². The molecule has 0 saturated carbocycles. The van der Waals surface area contributed by atoms with Crippen LogP contribution >= 0.6 is 23.2 Å². The van der Waals surface area contributed by atoms with E-state index in [1.165, 1.54) is 6.33 Å². The van der Waals surface area contributed by atoms with Gasteiger partial charge >= 0.3 is 0 Å². The van der Waals surface area contributed by atoms with Crippen LogP contribution in [0.2, 0.25) is 10.0 Å². The Morgan fingerprint density at radius 1 is 0.968 bits per heavy atom. The van der Waals surface area contributed by atoms with E-state index in [1.54, 1.807) is 6.07 Å². The van der Waals surface area contributed by atoms with Crippen LogP contribution < -0.4 is 10.6 Å². The number of aromatic nitrogens is 4. The monoisotopic (exact) mass is 452 g/mol. The van der Waals surface area contributed by atoms with Gasteiger partial charge in [0.15, 0.2) is 5.65 Å². The molecule has 2 N–H and O–H groups in total. The summed E-state index contributed by atoms with van der Waals surface area (Å²) in [4.78, 5) is 20.0. The summed E-state index contributed by atoms with van der Waals surface area (Å²) in [5, 5.41) is 1.53. The lowest BCUT2D eigenvalue weighted by atomic mass is 10.00. The second-order valence-electron chi connectivity index (χ2n) is 7.12. The molecule has 0 aliphatic carbocycles. The standard InChI is InChI=1S/C22H18Cl2N6O/c23-16-3-1-2-14(20(16)24)15-10-17(29-22-19(15)21(25)27-12-28-22)13-4-5-18(26-11-13)30-6-8-31-9-7-30/h1-5,10-12H,6-9H2,(H2,25,27,28,29). The summed E-state index contributed by atoms with van der Waals surface area (Å²) in [5.74, 6) is 1.24. The van der Waals surface area contributed by atoms with E-state index in [0.717, 1.165) is 35.6 Å². The van der Waals surface area contributed by atoms with E-state index in [0.29, 0.717) is 45.8 Å². The Morgan fingerprint density at radius 2 is 1.81 bits per heavy atom. The van der Waals surface area contributed by atoms with Gasteiger partial charge in [-0.05, 0) is 24.3 Å². The van der Waals surface area contributed by atoms with Gasteiger partial charge in [-0.15, -0.1) is 0 Å². The number of nitrogen functional groups attached to an aromatic ring is 1.